The Morgan fingerprint density at radius 2 is 2.08 bits per heavy atom. The summed E-state index contributed by atoms with van der Waals surface area (Å²) in [5, 5.41) is 2.97. The Kier molecular flexibility index (Phi) is 6.65. The summed E-state index contributed by atoms with van der Waals surface area (Å²) in [6.07, 6.45) is 7.54. The van der Waals surface area contributed by atoms with E-state index in [2.05, 4.69) is 11.4 Å². The molecule has 3 N–H and O–H groups in total. The van der Waals surface area contributed by atoms with Crippen molar-refractivity contribution >= 4 is 20.0 Å². The Hall–Kier alpha value is -1.20. The van der Waals surface area contributed by atoms with Gasteiger partial charge in [0.05, 0.1) is 12.6 Å². The molecule has 1 saturated carbocycles. The maximum Gasteiger partial charge on any atom is 0.240 e. The highest BCUT2D eigenvalue weighted by molar-refractivity contribution is 7.45. The smallest absolute Gasteiger partial charge is 0.240 e. The van der Waals surface area contributed by atoms with Gasteiger partial charge in [0.2, 0.25) is 5.91 Å². The summed E-state index contributed by atoms with van der Waals surface area (Å²) in [5.41, 5.74) is 2.13. The van der Waals surface area contributed by atoms with Crippen LogP contribution in [0.3, 0.4) is 0 Å². The van der Waals surface area contributed by atoms with E-state index in [9.17, 15) is 4.79 Å². The van der Waals surface area contributed by atoms with Gasteiger partial charge in [0, 0.05) is 24.9 Å². The zero-order chi connectivity index (χ0) is 17.6. The topological polar surface area (TPSA) is 82.0 Å². The zero-order valence-corrected chi connectivity index (χ0v) is 15.4. The lowest BCUT2D eigenvalue weighted by Gasteiger charge is -2.23. The van der Waals surface area contributed by atoms with Crippen LogP contribution >= 0.6 is 8.38 Å². The molecular weight excluding hydrogens is 339 g/mol. The molecule has 1 aromatic carbocycles. The summed E-state index contributed by atoms with van der Waals surface area (Å²) in [5.74, 6) is 0.928. The first-order valence-corrected chi connectivity index (χ1v) is 10.5. The molecule has 0 bridgehead atoms. The first kappa shape index (κ1) is 18.6. The van der Waals surface area contributed by atoms with Crippen LogP contribution in [0.4, 0.5) is 5.69 Å². The summed E-state index contributed by atoms with van der Waals surface area (Å²) in [7, 11) is -1.90. The Bertz CT molecular complexity index is 590. The van der Waals surface area contributed by atoms with E-state index in [0.717, 1.165) is 36.3 Å². The van der Waals surface area contributed by atoms with Crippen LogP contribution in [0.5, 0.6) is 5.75 Å². The van der Waals surface area contributed by atoms with E-state index >= 15 is 0 Å². The molecular formula is C18H27N2O4P. The van der Waals surface area contributed by atoms with Crippen LogP contribution in [0.25, 0.3) is 0 Å². The van der Waals surface area contributed by atoms with E-state index in [1.807, 2.05) is 12.1 Å². The molecule has 0 atom stereocenters. The van der Waals surface area contributed by atoms with Gasteiger partial charge >= 0.3 is 0 Å². The Morgan fingerprint density at radius 1 is 1.28 bits per heavy atom. The van der Waals surface area contributed by atoms with Crippen LogP contribution < -0.4 is 15.0 Å². The van der Waals surface area contributed by atoms with Gasteiger partial charge in [0.15, 0.2) is 8.38 Å². The first-order chi connectivity index (χ1) is 12.1. The molecule has 0 saturated heterocycles. The second-order valence-corrected chi connectivity index (χ2v) is 7.93. The van der Waals surface area contributed by atoms with E-state index in [1.54, 1.807) is 4.90 Å². The maximum atomic E-state index is 12.4. The molecule has 0 aromatic heterocycles. The molecule has 1 fully saturated rings. The van der Waals surface area contributed by atoms with Crippen molar-refractivity contribution in [2.24, 2.45) is 0 Å². The van der Waals surface area contributed by atoms with E-state index in [0.29, 0.717) is 19.2 Å². The van der Waals surface area contributed by atoms with Crippen molar-refractivity contribution in [1.82, 2.24) is 5.32 Å². The predicted octanol–water partition coefficient (Wildman–Crippen LogP) is 2.17. The summed E-state index contributed by atoms with van der Waals surface area (Å²) < 4.78 is 6.12. The number of carbonyl (C=O) groups excluding carboxylic acids is 1. The molecule has 1 aromatic rings. The number of nitrogens with zero attached hydrogens (tertiary/aromatic N) is 1. The third-order valence-electron chi connectivity index (χ3n) is 4.87. The lowest BCUT2D eigenvalue weighted by Crippen LogP contribution is -2.37. The van der Waals surface area contributed by atoms with Gasteiger partial charge in [-0.25, -0.2) is 0 Å². The quantitative estimate of drug-likeness (QED) is 0.509. The van der Waals surface area contributed by atoms with Crippen molar-refractivity contribution in [2.45, 2.75) is 44.6 Å². The average Bonchev–Trinajstić information content (AvgIpc) is 3.02. The fourth-order valence-corrected chi connectivity index (χ4v) is 3.91. The van der Waals surface area contributed by atoms with Crippen molar-refractivity contribution in [2.75, 3.05) is 30.7 Å². The summed E-state index contributed by atoms with van der Waals surface area (Å²) in [6, 6.07) is 6.03. The molecule has 138 valence electrons. The van der Waals surface area contributed by atoms with Crippen LogP contribution in [0.15, 0.2) is 18.2 Å². The van der Waals surface area contributed by atoms with Gasteiger partial charge in [-0.1, -0.05) is 6.42 Å². The van der Waals surface area contributed by atoms with Gasteiger partial charge in [0.1, 0.15) is 5.75 Å². The Labute approximate surface area is 150 Å². The fraction of sp³-hybridized carbons (Fsp3) is 0.611. The van der Waals surface area contributed by atoms with E-state index in [4.69, 9.17) is 14.5 Å². The Morgan fingerprint density at radius 3 is 2.84 bits per heavy atom. The maximum absolute atomic E-state index is 12.4. The number of carbonyl (C=O) groups is 1. The second kappa shape index (κ2) is 8.95. The predicted molar refractivity (Wildman–Crippen MR) is 99.1 cm³/mol. The largest absolute Gasteiger partial charge is 0.490 e. The van der Waals surface area contributed by atoms with E-state index in [1.165, 1.54) is 19.3 Å². The number of rotatable bonds is 7. The normalized spacial score (nSPS) is 17.8. The van der Waals surface area contributed by atoms with E-state index in [-0.39, 0.29) is 18.6 Å². The number of amides is 1. The first-order valence-electron chi connectivity index (χ1n) is 9.09. The molecule has 3 rings (SSSR count). The van der Waals surface area contributed by atoms with Crippen molar-refractivity contribution in [3.63, 3.8) is 0 Å². The molecule has 0 spiro atoms. The minimum Gasteiger partial charge on any atom is -0.490 e. The van der Waals surface area contributed by atoms with Crippen LogP contribution in [0.1, 0.15) is 37.7 Å². The van der Waals surface area contributed by atoms with Gasteiger partial charge in [-0.2, -0.15) is 0 Å². The zero-order valence-electron chi connectivity index (χ0n) is 14.5. The number of hydrogen-bond acceptors (Lipinski definition) is 5. The summed E-state index contributed by atoms with van der Waals surface area (Å²) >= 11 is 0. The number of hydrogen-bond donors (Lipinski definition) is 3. The molecule has 25 heavy (non-hydrogen) atoms. The molecule has 6 nitrogen and oxygen atoms in total. The van der Waals surface area contributed by atoms with Crippen molar-refractivity contribution < 1.29 is 19.3 Å². The number of fused-ring (bicyclic) bond motifs is 1. The number of anilines is 1. The van der Waals surface area contributed by atoms with Gasteiger partial charge in [-0.15, -0.1) is 0 Å². The van der Waals surface area contributed by atoms with Gasteiger partial charge < -0.3 is 24.7 Å². The van der Waals surface area contributed by atoms with Crippen molar-refractivity contribution in [1.29, 1.82) is 0 Å². The van der Waals surface area contributed by atoms with Crippen molar-refractivity contribution in [3.8, 4) is 5.75 Å². The minimum atomic E-state index is -1.90. The molecule has 0 unspecified atom stereocenters. The molecule has 0 radical (unpaired) electrons. The van der Waals surface area contributed by atoms with Crippen LogP contribution in [-0.4, -0.2) is 47.6 Å². The van der Waals surface area contributed by atoms with Crippen LogP contribution in [0, 0.1) is 0 Å². The average molecular weight is 366 g/mol. The number of ether oxygens (including phenoxy) is 1. The third kappa shape index (κ3) is 5.14. The summed E-state index contributed by atoms with van der Waals surface area (Å²) in [4.78, 5) is 31.9. The van der Waals surface area contributed by atoms with Crippen LogP contribution in [0.2, 0.25) is 0 Å². The lowest BCUT2D eigenvalue weighted by molar-refractivity contribution is -0.117. The molecule has 1 aliphatic heterocycles. The second-order valence-electron chi connectivity index (χ2n) is 6.74. The standard InChI is InChI=1S/C18H27N2O4P/c21-18(13-19-9-11-25(22)23)20-10-8-14-12-16(6-7-17(14)20)24-15-4-2-1-3-5-15/h6-7,12,15,19,22-23H,1-5,8-11,13H2. The molecule has 1 amide bonds. The van der Waals surface area contributed by atoms with Gasteiger partial charge in [0.25, 0.3) is 0 Å². The lowest BCUT2D eigenvalue weighted by atomic mass is 9.98. The third-order valence-corrected chi connectivity index (χ3v) is 5.49. The SMILES string of the molecule is O=C(CNCCP(O)O)N1CCc2cc(OC3CCCCC3)ccc21. The minimum absolute atomic E-state index is 0.0138. The van der Waals surface area contributed by atoms with Crippen molar-refractivity contribution in [3.05, 3.63) is 23.8 Å². The molecule has 2 aliphatic rings. The summed E-state index contributed by atoms with van der Waals surface area (Å²) in [6.45, 7) is 1.33. The van der Waals surface area contributed by atoms with Crippen LogP contribution in [-0.2, 0) is 11.2 Å². The highest BCUT2D eigenvalue weighted by Crippen LogP contribution is 2.33. The molecule has 1 heterocycles. The number of nitrogens with one attached hydrogen (secondary N) is 1. The number of benzene rings is 1. The molecule has 7 heteroatoms. The van der Waals surface area contributed by atoms with Gasteiger partial charge in [-0.3, -0.25) is 4.79 Å². The highest BCUT2D eigenvalue weighted by Gasteiger charge is 2.25. The van der Waals surface area contributed by atoms with E-state index < -0.39 is 8.38 Å². The monoisotopic (exact) mass is 366 g/mol. The molecule has 1 aliphatic carbocycles. The fourth-order valence-electron chi connectivity index (χ4n) is 3.56. The highest BCUT2D eigenvalue weighted by atomic mass is 31.2. The Balaban J connectivity index is 1.54. The van der Waals surface area contributed by atoms with Gasteiger partial charge in [-0.05, 0) is 55.9 Å².